The zero-order chi connectivity index (χ0) is 23.8. The van der Waals surface area contributed by atoms with E-state index in [-0.39, 0.29) is 31.6 Å². The standard InChI is InChI=1S/C24H33N3O6/c1-4-26(5-2)16-9-7-15(8-10-16)25-21(29)20-24-12-11-17(33-24)18(23(31)32-6-3)19(24)22(30)27(20)13-14-28/h7-10,17-20,28H,4-6,11-14H2,1-3H3,(H,25,29)/t17-,18+,19+,20-,24+/m0/s1. The number of rotatable bonds is 9. The summed E-state index contributed by atoms with van der Waals surface area (Å²) in [6, 6.07) is 6.64. The molecule has 2 bridgehead atoms. The lowest BCUT2D eigenvalue weighted by Crippen LogP contribution is -2.53. The molecule has 0 aromatic heterocycles. The number of esters is 1. The van der Waals surface area contributed by atoms with Gasteiger partial charge in [0.15, 0.2) is 0 Å². The molecule has 9 heteroatoms. The third-order valence-corrected chi connectivity index (χ3v) is 7.21. The van der Waals surface area contributed by atoms with Gasteiger partial charge in [-0.25, -0.2) is 0 Å². The van der Waals surface area contributed by atoms with Crippen LogP contribution in [0.1, 0.15) is 33.6 Å². The van der Waals surface area contributed by atoms with Crippen molar-refractivity contribution in [3.8, 4) is 0 Å². The van der Waals surface area contributed by atoms with Crippen LogP contribution in [0.15, 0.2) is 24.3 Å². The monoisotopic (exact) mass is 459 g/mol. The molecule has 9 nitrogen and oxygen atoms in total. The van der Waals surface area contributed by atoms with Gasteiger partial charge in [-0.1, -0.05) is 0 Å². The van der Waals surface area contributed by atoms with Gasteiger partial charge in [0.1, 0.15) is 11.6 Å². The van der Waals surface area contributed by atoms with Gasteiger partial charge in [0.2, 0.25) is 11.8 Å². The summed E-state index contributed by atoms with van der Waals surface area (Å²) in [6.45, 7) is 7.58. The molecule has 0 unspecified atom stereocenters. The third-order valence-electron chi connectivity index (χ3n) is 7.21. The van der Waals surface area contributed by atoms with Gasteiger partial charge in [0.25, 0.3) is 0 Å². The molecule has 3 fully saturated rings. The number of ether oxygens (including phenoxy) is 2. The number of amides is 2. The van der Waals surface area contributed by atoms with Crippen LogP contribution in [0.25, 0.3) is 0 Å². The van der Waals surface area contributed by atoms with Crippen molar-refractivity contribution in [3.05, 3.63) is 24.3 Å². The Balaban J connectivity index is 1.60. The molecule has 3 saturated heterocycles. The second-order valence-electron chi connectivity index (χ2n) is 8.77. The van der Waals surface area contributed by atoms with E-state index in [0.29, 0.717) is 18.5 Å². The Morgan fingerprint density at radius 1 is 1.24 bits per heavy atom. The quantitative estimate of drug-likeness (QED) is 0.538. The number of aliphatic hydroxyl groups is 1. The minimum Gasteiger partial charge on any atom is -0.466 e. The van der Waals surface area contributed by atoms with Crippen LogP contribution in [0.4, 0.5) is 11.4 Å². The molecule has 2 amide bonds. The van der Waals surface area contributed by atoms with Crippen molar-refractivity contribution in [2.75, 3.05) is 43.1 Å². The van der Waals surface area contributed by atoms with Crippen LogP contribution >= 0.6 is 0 Å². The first-order valence-electron chi connectivity index (χ1n) is 11.8. The molecule has 1 aromatic rings. The SMILES string of the molecule is CCOC(=O)[C@@H]1[C@@H]2CC[C@]3(O2)[C@H](C(=O)Nc2ccc(N(CC)CC)cc2)N(CCO)C(=O)[C@@H]13. The Hall–Kier alpha value is -2.65. The van der Waals surface area contributed by atoms with E-state index >= 15 is 0 Å². The van der Waals surface area contributed by atoms with Crippen molar-refractivity contribution < 1.29 is 29.0 Å². The molecule has 180 valence electrons. The van der Waals surface area contributed by atoms with Gasteiger partial charge in [0, 0.05) is 31.0 Å². The van der Waals surface area contributed by atoms with Gasteiger partial charge < -0.3 is 29.7 Å². The number of β-amino-alcohol motifs (C(OH)–C–C–N with tert-alkyl or cyclic N) is 1. The summed E-state index contributed by atoms with van der Waals surface area (Å²) in [5.41, 5.74) is 0.589. The van der Waals surface area contributed by atoms with Gasteiger partial charge in [0.05, 0.1) is 31.2 Å². The lowest BCUT2D eigenvalue weighted by molar-refractivity contribution is -0.154. The van der Waals surface area contributed by atoms with Crippen LogP contribution in [0, 0.1) is 11.8 Å². The van der Waals surface area contributed by atoms with Crippen molar-refractivity contribution in [1.82, 2.24) is 4.90 Å². The normalized spacial score (nSPS) is 29.8. The molecule has 3 aliphatic heterocycles. The number of fused-ring (bicyclic) bond motifs is 1. The van der Waals surface area contributed by atoms with Crippen molar-refractivity contribution in [2.24, 2.45) is 11.8 Å². The van der Waals surface area contributed by atoms with E-state index in [4.69, 9.17) is 9.47 Å². The number of likely N-dealkylation sites (tertiary alicyclic amines) is 1. The lowest BCUT2D eigenvalue weighted by Gasteiger charge is -2.33. The Bertz CT molecular complexity index is 902. The van der Waals surface area contributed by atoms with Crippen molar-refractivity contribution >= 4 is 29.2 Å². The first-order valence-corrected chi connectivity index (χ1v) is 11.8. The second kappa shape index (κ2) is 9.30. The molecule has 4 rings (SSSR count). The number of aliphatic hydroxyl groups excluding tert-OH is 1. The largest absolute Gasteiger partial charge is 0.466 e. The molecule has 3 heterocycles. The summed E-state index contributed by atoms with van der Waals surface area (Å²) in [4.78, 5) is 43.1. The Labute approximate surface area is 194 Å². The Kier molecular flexibility index (Phi) is 6.63. The highest BCUT2D eigenvalue weighted by Gasteiger charge is 2.74. The Morgan fingerprint density at radius 3 is 2.55 bits per heavy atom. The number of carbonyl (C=O) groups excluding carboxylic acids is 3. The summed E-state index contributed by atoms with van der Waals surface area (Å²) in [5.74, 6) is -2.66. The van der Waals surface area contributed by atoms with E-state index in [0.717, 1.165) is 18.8 Å². The maximum absolute atomic E-state index is 13.5. The van der Waals surface area contributed by atoms with E-state index in [2.05, 4.69) is 24.1 Å². The van der Waals surface area contributed by atoms with Gasteiger partial charge in [-0.05, 0) is 57.9 Å². The van der Waals surface area contributed by atoms with E-state index in [9.17, 15) is 19.5 Å². The molecule has 1 aromatic carbocycles. The summed E-state index contributed by atoms with van der Waals surface area (Å²) in [7, 11) is 0. The molecule has 1 spiro atoms. The van der Waals surface area contributed by atoms with Gasteiger partial charge in [-0.2, -0.15) is 0 Å². The van der Waals surface area contributed by atoms with Gasteiger partial charge in [-0.3, -0.25) is 14.4 Å². The number of carbonyl (C=O) groups is 3. The fourth-order valence-corrected chi connectivity index (χ4v) is 5.86. The average molecular weight is 460 g/mol. The highest BCUT2D eigenvalue weighted by Crippen LogP contribution is 2.58. The lowest BCUT2D eigenvalue weighted by atomic mass is 9.71. The minimum atomic E-state index is -1.08. The predicted octanol–water partition coefficient (Wildman–Crippen LogP) is 1.40. The summed E-state index contributed by atoms with van der Waals surface area (Å²) >= 11 is 0. The molecule has 33 heavy (non-hydrogen) atoms. The molecule has 0 saturated carbocycles. The van der Waals surface area contributed by atoms with Crippen LogP contribution in [-0.4, -0.2) is 78.4 Å². The smallest absolute Gasteiger partial charge is 0.312 e. The number of hydrogen-bond donors (Lipinski definition) is 2. The Morgan fingerprint density at radius 2 is 1.94 bits per heavy atom. The first-order chi connectivity index (χ1) is 15.9. The summed E-state index contributed by atoms with van der Waals surface area (Å²) in [6.07, 6.45) is 0.658. The highest BCUT2D eigenvalue weighted by molar-refractivity contribution is 6.03. The number of anilines is 2. The fraction of sp³-hybridized carbons (Fsp3) is 0.625. The van der Waals surface area contributed by atoms with E-state index < -0.39 is 35.6 Å². The zero-order valence-electron chi connectivity index (χ0n) is 19.5. The van der Waals surface area contributed by atoms with E-state index in [1.54, 1.807) is 6.92 Å². The molecule has 2 N–H and O–H groups in total. The minimum absolute atomic E-state index is 0.000357. The fourth-order valence-electron chi connectivity index (χ4n) is 5.86. The van der Waals surface area contributed by atoms with Crippen LogP contribution in [-0.2, 0) is 23.9 Å². The third kappa shape index (κ3) is 3.77. The summed E-state index contributed by atoms with van der Waals surface area (Å²) < 4.78 is 11.5. The van der Waals surface area contributed by atoms with Crippen LogP contribution < -0.4 is 10.2 Å². The highest BCUT2D eigenvalue weighted by atomic mass is 16.6. The summed E-state index contributed by atoms with van der Waals surface area (Å²) in [5, 5.41) is 12.5. The molecular weight excluding hydrogens is 426 g/mol. The van der Waals surface area contributed by atoms with E-state index in [1.165, 1.54) is 4.90 Å². The van der Waals surface area contributed by atoms with E-state index in [1.807, 2.05) is 24.3 Å². The number of benzene rings is 1. The van der Waals surface area contributed by atoms with Crippen molar-refractivity contribution in [2.45, 2.75) is 51.4 Å². The second-order valence-corrected chi connectivity index (χ2v) is 8.77. The number of nitrogens with one attached hydrogen (secondary N) is 1. The van der Waals surface area contributed by atoms with Gasteiger partial charge >= 0.3 is 5.97 Å². The zero-order valence-corrected chi connectivity index (χ0v) is 19.5. The number of nitrogens with zero attached hydrogens (tertiary/aromatic N) is 2. The molecule has 3 aliphatic rings. The average Bonchev–Trinajstić information content (AvgIpc) is 3.44. The maximum atomic E-state index is 13.5. The number of hydrogen-bond acceptors (Lipinski definition) is 7. The first kappa shape index (κ1) is 23.5. The predicted molar refractivity (Wildman–Crippen MR) is 122 cm³/mol. The molecule has 0 aliphatic carbocycles. The molecule has 0 radical (unpaired) electrons. The maximum Gasteiger partial charge on any atom is 0.312 e. The topological polar surface area (TPSA) is 108 Å². The molecule has 5 atom stereocenters. The van der Waals surface area contributed by atoms with Crippen molar-refractivity contribution in [1.29, 1.82) is 0 Å². The van der Waals surface area contributed by atoms with Crippen LogP contribution in [0.3, 0.4) is 0 Å². The van der Waals surface area contributed by atoms with Gasteiger partial charge in [-0.15, -0.1) is 0 Å². The van der Waals surface area contributed by atoms with Crippen molar-refractivity contribution in [3.63, 3.8) is 0 Å². The van der Waals surface area contributed by atoms with Crippen LogP contribution in [0.2, 0.25) is 0 Å². The molecular formula is C24H33N3O6. The van der Waals surface area contributed by atoms with Crippen LogP contribution in [0.5, 0.6) is 0 Å².